The molecule has 0 aliphatic rings. The van der Waals surface area contributed by atoms with Crippen molar-refractivity contribution in [2.24, 2.45) is 0 Å². The zero-order valence-electron chi connectivity index (χ0n) is 15.8. The number of nitrogens with one attached hydrogen (secondary N) is 3. The number of ether oxygens (including phenoxy) is 1. The molecule has 0 saturated heterocycles. The van der Waals surface area contributed by atoms with Crippen LogP contribution in [0.5, 0.6) is 5.75 Å². The topological polar surface area (TPSA) is 79.5 Å². The average molecular weight is 428 g/mol. The minimum absolute atomic E-state index is 0.143. The van der Waals surface area contributed by atoms with Gasteiger partial charge in [0.25, 0.3) is 10.0 Å². The summed E-state index contributed by atoms with van der Waals surface area (Å²) in [7, 11) is -2.08. The van der Waals surface area contributed by atoms with E-state index in [4.69, 9.17) is 17.0 Å². The summed E-state index contributed by atoms with van der Waals surface area (Å²) in [5.41, 5.74) is 2.12. The van der Waals surface area contributed by atoms with E-state index >= 15 is 0 Å². The summed E-state index contributed by atoms with van der Waals surface area (Å²) in [4.78, 5) is 0.143. The summed E-state index contributed by atoms with van der Waals surface area (Å²) in [5, 5.41) is 6.51. The Hall–Kier alpha value is -3.10. The van der Waals surface area contributed by atoms with Gasteiger partial charge in [0.2, 0.25) is 0 Å². The van der Waals surface area contributed by atoms with Crippen LogP contribution in [0.3, 0.4) is 0 Å². The maximum atomic E-state index is 12.6. The molecule has 3 aromatic carbocycles. The van der Waals surface area contributed by atoms with Gasteiger partial charge in [-0.1, -0.05) is 36.4 Å². The van der Waals surface area contributed by atoms with Crippen molar-refractivity contribution >= 4 is 38.7 Å². The van der Waals surface area contributed by atoms with Crippen molar-refractivity contribution in [2.45, 2.75) is 11.4 Å². The number of sulfonamides is 1. The minimum atomic E-state index is -3.70. The molecule has 0 aromatic heterocycles. The first-order chi connectivity index (χ1) is 14.0. The van der Waals surface area contributed by atoms with E-state index in [-0.39, 0.29) is 4.90 Å². The molecule has 8 heteroatoms. The van der Waals surface area contributed by atoms with Gasteiger partial charge in [0.1, 0.15) is 5.75 Å². The van der Waals surface area contributed by atoms with Crippen LogP contribution >= 0.6 is 12.2 Å². The molecule has 150 valence electrons. The van der Waals surface area contributed by atoms with Crippen LogP contribution in [0.4, 0.5) is 11.4 Å². The van der Waals surface area contributed by atoms with E-state index < -0.39 is 10.0 Å². The molecule has 0 spiro atoms. The predicted molar refractivity (Wildman–Crippen MR) is 120 cm³/mol. The highest BCUT2D eigenvalue weighted by molar-refractivity contribution is 7.92. The van der Waals surface area contributed by atoms with Crippen LogP contribution in [0, 0.1) is 0 Å². The van der Waals surface area contributed by atoms with Gasteiger partial charge in [-0.15, -0.1) is 0 Å². The summed E-state index contributed by atoms with van der Waals surface area (Å²) in [6.07, 6.45) is 0. The van der Waals surface area contributed by atoms with Crippen LogP contribution in [0.25, 0.3) is 0 Å². The number of thiocarbonyl (C=S) groups is 1. The lowest BCUT2D eigenvalue weighted by atomic mass is 10.2. The molecule has 0 bridgehead atoms. The fourth-order valence-corrected chi connectivity index (χ4v) is 3.86. The second kappa shape index (κ2) is 9.40. The highest BCUT2D eigenvalue weighted by atomic mass is 32.2. The van der Waals surface area contributed by atoms with Gasteiger partial charge in [-0.25, -0.2) is 8.42 Å². The monoisotopic (exact) mass is 427 g/mol. The van der Waals surface area contributed by atoms with Gasteiger partial charge in [-0.05, 0) is 60.2 Å². The van der Waals surface area contributed by atoms with Gasteiger partial charge in [0, 0.05) is 17.9 Å². The number of hydrogen-bond donors (Lipinski definition) is 3. The molecule has 0 amide bonds. The molecule has 0 heterocycles. The van der Waals surface area contributed by atoms with Crippen LogP contribution in [0.15, 0.2) is 83.8 Å². The average Bonchev–Trinajstić information content (AvgIpc) is 2.73. The molecule has 3 N–H and O–H groups in total. The Labute approximate surface area is 176 Å². The molecule has 0 fully saturated rings. The zero-order chi connectivity index (χ0) is 20.7. The smallest absolute Gasteiger partial charge is 0.261 e. The maximum Gasteiger partial charge on any atom is 0.261 e. The van der Waals surface area contributed by atoms with Gasteiger partial charge < -0.3 is 15.4 Å². The molecule has 6 nitrogen and oxygen atoms in total. The van der Waals surface area contributed by atoms with Gasteiger partial charge in [-0.2, -0.15) is 0 Å². The summed E-state index contributed by atoms with van der Waals surface area (Å²) in [5.74, 6) is 0.789. The Morgan fingerprint density at radius 2 is 1.62 bits per heavy atom. The number of para-hydroxylation sites is 1. The summed E-state index contributed by atoms with van der Waals surface area (Å²) in [6, 6.07) is 22.9. The van der Waals surface area contributed by atoms with Gasteiger partial charge in [-0.3, -0.25) is 4.72 Å². The summed E-state index contributed by atoms with van der Waals surface area (Å²) in [6.45, 7) is 0.531. The van der Waals surface area contributed by atoms with E-state index in [1.165, 1.54) is 12.1 Å². The van der Waals surface area contributed by atoms with Gasteiger partial charge in [0.05, 0.1) is 12.0 Å². The van der Waals surface area contributed by atoms with Crippen molar-refractivity contribution in [3.05, 3.63) is 84.4 Å². The maximum absolute atomic E-state index is 12.6. The van der Waals surface area contributed by atoms with Crippen molar-refractivity contribution in [3.8, 4) is 5.75 Å². The van der Waals surface area contributed by atoms with Crippen LogP contribution < -0.4 is 20.1 Å². The van der Waals surface area contributed by atoms with E-state index in [0.29, 0.717) is 23.0 Å². The molecule has 0 atom stereocenters. The lowest BCUT2D eigenvalue weighted by Crippen LogP contribution is -2.28. The standard InChI is InChI=1S/C21H21N3O3S2/c1-27-19-12-10-16(11-13-19)15-22-21(28)23-18-8-5-9-20(14-18)29(25,26)24-17-6-3-2-4-7-17/h2-14,24H,15H2,1H3,(H2,22,23,28). The Bertz CT molecular complexity index is 1070. The summed E-state index contributed by atoms with van der Waals surface area (Å²) < 4.78 is 32.9. The number of rotatable bonds is 7. The number of hydrogen-bond acceptors (Lipinski definition) is 4. The minimum Gasteiger partial charge on any atom is -0.497 e. The number of benzene rings is 3. The molecule has 3 rings (SSSR count). The largest absolute Gasteiger partial charge is 0.497 e. The highest BCUT2D eigenvalue weighted by Gasteiger charge is 2.14. The fraction of sp³-hybridized carbons (Fsp3) is 0.0952. The van der Waals surface area contributed by atoms with E-state index in [1.54, 1.807) is 43.5 Å². The third-order valence-corrected chi connectivity index (χ3v) is 5.67. The van der Waals surface area contributed by atoms with Crippen LogP contribution in [-0.2, 0) is 16.6 Å². The molecule has 3 aromatic rings. The second-order valence-corrected chi connectivity index (χ2v) is 8.25. The van der Waals surface area contributed by atoms with Crippen molar-refractivity contribution in [1.29, 1.82) is 0 Å². The fourth-order valence-electron chi connectivity index (χ4n) is 2.56. The van der Waals surface area contributed by atoms with Crippen LogP contribution in [0.1, 0.15) is 5.56 Å². The molecule has 0 saturated carbocycles. The first-order valence-corrected chi connectivity index (χ1v) is 10.7. The third-order valence-electron chi connectivity index (χ3n) is 4.04. The van der Waals surface area contributed by atoms with Gasteiger partial charge in [0.15, 0.2) is 5.11 Å². The van der Waals surface area contributed by atoms with Crippen molar-refractivity contribution in [2.75, 3.05) is 17.1 Å². The third kappa shape index (κ3) is 5.94. The molecule has 0 unspecified atom stereocenters. The van der Waals surface area contributed by atoms with E-state index in [2.05, 4.69) is 15.4 Å². The SMILES string of the molecule is COc1ccc(CNC(=S)Nc2cccc(S(=O)(=O)Nc3ccccc3)c2)cc1. The van der Waals surface area contributed by atoms with Gasteiger partial charge >= 0.3 is 0 Å². The summed E-state index contributed by atoms with van der Waals surface area (Å²) >= 11 is 5.31. The van der Waals surface area contributed by atoms with Crippen molar-refractivity contribution < 1.29 is 13.2 Å². The molecule has 0 aliphatic heterocycles. The first-order valence-electron chi connectivity index (χ1n) is 8.82. The lowest BCUT2D eigenvalue weighted by Gasteiger charge is -2.13. The highest BCUT2D eigenvalue weighted by Crippen LogP contribution is 2.19. The van der Waals surface area contributed by atoms with E-state index in [0.717, 1.165) is 11.3 Å². The zero-order valence-corrected chi connectivity index (χ0v) is 17.4. The number of methoxy groups -OCH3 is 1. The lowest BCUT2D eigenvalue weighted by molar-refractivity contribution is 0.414. The number of anilines is 2. The molecule has 29 heavy (non-hydrogen) atoms. The van der Waals surface area contributed by atoms with E-state index in [9.17, 15) is 8.42 Å². The van der Waals surface area contributed by atoms with Crippen molar-refractivity contribution in [1.82, 2.24) is 5.32 Å². The van der Waals surface area contributed by atoms with Crippen molar-refractivity contribution in [3.63, 3.8) is 0 Å². The molecule has 0 radical (unpaired) electrons. The normalized spacial score (nSPS) is 10.8. The second-order valence-electron chi connectivity index (χ2n) is 6.16. The predicted octanol–water partition coefficient (Wildman–Crippen LogP) is 3.98. The Kier molecular flexibility index (Phi) is 6.69. The molecular formula is C21H21N3O3S2. The van der Waals surface area contributed by atoms with E-state index in [1.807, 2.05) is 30.3 Å². The Balaban J connectivity index is 1.62. The van der Waals surface area contributed by atoms with Crippen LogP contribution in [0.2, 0.25) is 0 Å². The first kappa shape index (κ1) is 20.6. The quantitative estimate of drug-likeness (QED) is 0.495. The molecule has 0 aliphatic carbocycles. The molecular weight excluding hydrogens is 406 g/mol. The Morgan fingerprint density at radius 1 is 0.931 bits per heavy atom. The Morgan fingerprint density at radius 3 is 2.31 bits per heavy atom. The van der Waals surface area contributed by atoms with Crippen LogP contribution in [-0.4, -0.2) is 20.6 Å².